The Hall–Kier alpha value is -0.120. The van der Waals surface area contributed by atoms with E-state index in [1.165, 1.54) is 0 Å². The van der Waals surface area contributed by atoms with Crippen LogP contribution < -0.4 is 12.0 Å². The summed E-state index contributed by atoms with van der Waals surface area (Å²) in [7, 11) is 0. The molecule has 0 aliphatic rings. The molecule has 0 fully saturated rings. The van der Waals surface area contributed by atoms with E-state index < -0.39 is 0 Å². The normalized spacial score (nSPS) is 7.00. The highest BCUT2D eigenvalue weighted by atomic mass is 16.6. The minimum Gasteiger partial charge on any atom is -0.304 e. The average molecular weight is 88.1 g/mol. The van der Waals surface area contributed by atoms with Crippen LogP contribution >= 0.6 is 0 Å². The van der Waals surface area contributed by atoms with Crippen molar-refractivity contribution in [2.24, 2.45) is 5.90 Å². The molecular weight excluding hydrogens is 80.0 g/mol. The lowest BCUT2D eigenvalue weighted by atomic mass is 10.5. The molecule has 2 N–H and O–H groups in total. The molecule has 0 aromatic carbocycles. The molecule has 4 radical (unpaired) electrons. The smallest absolute Gasteiger partial charge is 0.0708 e. The van der Waals surface area contributed by atoms with Crippen LogP contribution in [0.5, 0.6) is 0 Å². The van der Waals surface area contributed by atoms with Crippen LogP contribution in [0, 0.1) is 6.42 Å². The number of nitrogens with zero attached hydrogens (tertiary/aromatic N) is 1. The molecule has 0 spiro atoms. The fraction of sp³-hybridized carbons (Fsp3) is 0.667. The molecule has 3 heteroatoms. The second-order valence-corrected chi connectivity index (χ2v) is 0.742. The summed E-state index contributed by atoms with van der Waals surface area (Å²) < 4.78 is 0. The number of hydrogen-bond donors (Lipinski definition) is 1. The van der Waals surface area contributed by atoms with E-state index in [0.29, 0.717) is 6.61 Å². The lowest BCUT2D eigenvalue weighted by Crippen LogP contribution is -1.98. The van der Waals surface area contributed by atoms with Crippen molar-refractivity contribution < 1.29 is 4.84 Å². The highest BCUT2D eigenvalue weighted by molar-refractivity contribution is 4.48. The molecule has 0 bridgehead atoms. The van der Waals surface area contributed by atoms with Crippen LogP contribution in [0.1, 0.15) is 6.92 Å². The fourth-order valence-electron chi connectivity index (χ4n) is 0.0962. The molecule has 0 aliphatic carbocycles. The van der Waals surface area contributed by atoms with Gasteiger partial charge in [-0.05, 0) is 6.42 Å². The maximum absolute atomic E-state index is 4.61. The number of nitrogens with two attached hydrogens (primary N) is 1. The van der Waals surface area contributed by atoms with Crippen LogP contribution in [0.3, 0.4) is 0 Å². The Labute approximate surface area is 38.0 Å². The van der Waals surface area contributed by atoms with Gasteiger partial charge in [0, 0.05) is 6.15 Å². The summed E-state index contributed by atoms with van der Waals surface area (Å²) in [4.78, 5) is 4.14. The molecule has 0 heterocycles. The maximum Gasteiger partial charge on any atom is 0.0708 e. The highest BCUT2D eigenvalue weighted by Gasteiger charge is 1.67. The van der Waals surface area contributed by atoms with Gasteiger partial charge in [-0.3, -0.25) is 0 Å². The predicted molar refractivity (Wildman–Crippen MR) is 22.2 cm³/mol. The van der Waals surface area contributed by atoms with Gasteiger partial charge in [0.15, 0.2) is 0 Å². The van der Waals surface area contributed by atoms with Gasteiger partial charge in [-0.15, -0.1) is 0 Å². The van der Waals surface area contributed by atoms with E-state index in [2.05, 4.69) is 10.7 Å². The van der Waals surface area contributed by atoms with Crippen molar-refractivity contribution >= 4 is 0 Å². The Kier molecular flexibility index (Phi) is 13.7. The van der Waals surface area contributed by atoms with Crippen LogP contribution in [-0.4, -0.2) is 6.61 Å². The van der Waals surface area contributed by atoms with Gasteiger partial charge in [0.2, 0.25) is 0 Å². The first-order valence-corrected chi connectivity index (χ1v) is 1.51. The van der Waals surface area contributed by atoms with Gasteiger partial charge in [-0.1, -0.05) is 6.92 Å². The lowest BCUT2D eigenvalue weighted by Gasteiger charge is -1.83. The Bertz CT molecular complexity index is 16.3. The monoisotopic (exact) mass is 88.1 g/mol. The quantitative estimate of drug-likeness (QED) is 0.467. The zero-order chi connectivity index (χ0) is 4.12. The summed E-state index contributed by atoms with van der Waals surface area (Å²) in [5, 5.41) is 0. The van der Waals surface area contributed by atoms with E-state index in [4.69, 9.17) is 0 Å². The molecule has 36 valence electrons. The molecule has 0 saturated heterocycles. The highest BCUT2D eigenvalue weighted by Crippen LogP contribution is 1.65. The van der Waals surface area contributed by atoms with Crippen LogP contribution in [-0.2, 0) is 4.84 Å². The standard InChI is InChI=1S/C3H8NO.N/c1-2-3-5-4;/h2H,3-4H2,1H3;. The summed E-state index contributed by atoms with van der Waals surface area (Å²) >= 11 is 0. The summed E-state index contributed by atoms with van der Waals surface area (Å²) in [5.74, 6) is 4.61. The van der Waals surface area contributed by atoms with E-state index in [9.17, 15) is 0 Å². The third-order valence-corrected chi connectivity index (χ3v) is 0.263. The summed E-state index contributed by atoms with van der Waals surface area (Å²) in [6.07, 6.45) is 1.83. The molecule has 0 rings (SSSR count). The fourth-order valence-corrected chi connectivity index (χ4v) is 0.0962. The first-order valence-electron chi connectivity index (χ1n) is 1.51. The SMILES string of the molecule is C[CH]CON.[N]. The zero-order valence-electron chi connectivity index (χ0n) is 3.72. The Morgan fingerprint density at radius 1 is 1.83 bits per heavy atom. The second-order valence-electron chi connectivity index (χ2n) is 0.742. The summed E-state index contributed by atoms with van der Waals surface area (Å²) in [6.45, 7) is 2.42. The largest absolute Gasteiger partial charge is 0.304 e. The van der Waals surface area contributed by atoms with Crippen molar-refractivity contribution in [3.8, 4) is 0 Å². The third-order valence-electron chi connectivity index (χ3n) is 0.263. The molecule has 0 saturated carbocycles. The molecule has 6 heavy (non-hydrogen) atoms. The zero-order valence-corrected chi connectivity index (χ0v) is 3.72. The van der Waals surface area contributed by atoms with Gasteiger partial charge >= 0.3 is 0 Å². The van der Waals surface area contributed by atoms with Crippen molar-refractivity contribution in [1.82, 2.24) is 6.15 Å². The van der Waals surface area contributed by atoms with Gasteiger partial charge < -0.3 is 4.84 Å². The molecular formula is C3H8N2O. The molecule has 0 amide bonds. The first-order chi connectivity index (χ1) is 2.41. The summed E-state index contributed by atoms with van der Waals surface area (Å²) in [5.41, 5.74) is 0. The second kappa shape index (κ2) is 8.86. The van der Waals surface area contributed by atoms with Gasteiger partial charge in [0.1, 0.15) is 0 Å². The molecule has 0 aliphatic heterocycles. The van der Waals surface area contributed by atoms with Crippen LogP contribution in [0.2, 0.25) is 0 Å². The van der Waals surface area contributed by atoms with Gasteiger partial charge in [-0.25, -0.2) is 5.90 Å². The van der Waals surface area contributed by atoms with Crippen molar-refractivity contribution in [1.29, 1.82) is 0 Å². The van der Waals surface area contributed by atoms with Gasteiger partial charge in [-0.2, -0.15) is 0 Å². The van der Waals surface area contributed by atoms with Crippen LogP contribution in [0.15, 0.2) is 0 Å². The van der Waals surface area contributed by atoms with Gasteiger partial charge in [0.05, 0.1) is 6.61 Å². The van der Waals surface area contributed by atoms with E-state index in [0.717, 1.165) is 0 Å². The van der Waals surface area contributed by atoms with Crippen molar-refractivity contribution in [2.75, 3.05) is 6.61 Å². The van der Waals surface area contributed by atoms with E-state index in [1.807, 2.05) is 13.3 Å². The first kappa shape index (κ1) is 9.30. The van der Waals surface area contributed by atoms with Gasteiger partial charge in [0.25, 0.3) is 0 Å². The molecule has 0 aromatic rings. The Balaban J connectivity index is 0. The molecule has 0 unspecified atom stereocenters. The number of hydrogen-bond acceptors (Lipinski definition) is 2. The van der Waals surface area contributed by atoms with Crippen LogP contribution in [0.4, 0.5) is 0 Å². The molecule has 3 nitrogen and oxygen atoms in total. The van der Waals surface area contributed by atoms with Crippen LogP contribution in [0.25, 0.3) is 0 Å². The van der Waals surface area contributed by atoms with E-state index in [1.54, 1.807) is 0 Å². The molecule has 0 aromatic heterocycles. The topological polar surface area (TPSA) is 65.8 Å². The van der Waals surface area contributed by atoms with Crippen molar-refractivity contribution in [3.63, 3.8) is 0 Å². The van der Waals surface area contributed by atoms with E-state index >= 15 is 0 Å². The lowest BCUT2D eigenvalue weighted by molar-refractivity contribution is 0.159. The Morgan fingerprint density at radius 2 is 2.33 bits per heavy atom. The summed E-state index contributed by atoms with van der Waals surface area (Å²) in [6, 6.07) is 0. The predicted octanol–water partition coefficient (Wildman–Crippen LogP) is -0.380. The average Bonchev–Trinajstić information content (AvgIpc) is 1.41. The molecule has 0 atom stereocenters. The maximum atomic E-state index is 4.61. The number of rotatable bonds is 2. The third kappa shape index (κ3) is 9.11. The minimum atomic E-state index is 0. The van der Waals surface area contributed by atoms with Crippen molar-refractivity contribution in [2.45, 2.75) is 6.92 Å². The van der Waals surface area contributed by atoms with Crippen molar-refractivity contribution in [3.05, 3.63) is 6.42 Å². The Morgan fingerprint density at radius 3 is 2.33 bits per heavy atom. The minimum absolute atomic E-state index is 0. The van der Waals surface area contributed by atoms with E-state index in [-0.39, 0.29) is 6.15 Å².